The zero-order valence-electron chi connectivity index (χ0n) is 30.2. The van der Waals surface area contributed by atoms with Crippen LogP contribution in [0.4, 0.5) is 0 Å². The van der Waals surface area contributed by atoms with Crippen molar-refractivity contribution in [3.63, 3.8) is 0 Å². The fourth-order valence-electron chi connectivity index (χ4n) is 9.36. The van der Waals surface area contributed by atoms with E-state index in [2.05, 4.69) is 115 Å². The monoisotopic (exact) mass is 618 g/mol. The summed E-state index contributed by atoms with van der Waals surface area (Å²) in [6.07, 6.45) is 5.54. The van der Waals surface area contributed by atoms with E-state index in [1.807, 2.05) is 0 Å². The molecule has 244 valence electrons. The lowest BCUT2D eigenvalue weighted by molar-refractivity contribution is -0.732. The van der Waals surface area contributed by atoms with Gasteiger partial charge in [0.1, 0.15) is 0 Å². The van der Waals surface area contributed by atoms with Gasteiger partial charge in [0.15, 0.2) is 5.54 Å². The number of fused-ring (bicyclic) bond motifs is 7. The average Bonchev–Trinajstić information content (AvgIpc) is 2.98. The summed E-state index contributed by atoms with van der Waals surface area (Å²) in [6.45, 7) is 26.4. The van der Waals surface area contributed by atoms with E-state index in [-0.39, 0.29) is 12.0 Å². The van der Waals surface area contributed by atoms with E-state index in [1.165, 1.54) is 86.4 Å². The molecular weight excluding hydrogens is 562 g/mol. The van der Waals surface area contributed by atoms with E-state index in [9.17, 15) is 5.11 Å². The quantitative estimate of drug-likeness (QED) is 0.172. The first kappa shape index (κ1) is 32.9. The highest BCUT2D eigenvalue weighted by atomic mass is 16.5. The van der Waals surface area contributed by atoms with Gasteiger partial charge in [0.05, 0.1) is 23.0 Å². The zero-order chi connectivity index (χ0) is 33.4. The van der Waals surface area contributed by atoms with Crippen LogP contribution in [0.2, 0.25) is 0 Å². The van der Waals surface area contributed by atoms with Crippen molar-refractivity contribution in [2.24, 2.45) is 5.41 Å². The Morgan fingerprint density at radius 2 is 1.63 bits per heavy atom. The lowest BCUT2D eigenvalue weighted by atomic mass is 9.57. The number of pyridine rings is 1. The second-order valence-corrected chi connectivity index (χ2v) is 16.8. The number of ether oxygens (including phenoxy) is 1. The number of aliphatic hydroxyl groups excluding tert-OH is 1. The highest BCUT2D eigenvalue weighted by molar-refractivity contribution is 5.97. The minimum Gasteiger partial charge on any atom is -0.396 e. The largest absolute Gasteiger partial charge is 0.396 e. The number of aryl methyl sites for hydroxylation is 2. The summed E-state index contributed by atoms with van der Waals surface area (Å²) < 4.78 is 8.49. The Hall–Kier alpha value is -3.01. The van der Waals surface area contributed by atoms with Crippen LogP contribution in [-0.2, 0) is 21.1 Å². The molecule has 1 N–H and O–H groups in total. The molecule has 0 bridgehead atoms. The van der Waals surface area contributed by atoms with Gasteiger partial charge in [0.25, 0.3) is 0 Å². The van der Waals surface area contributed by atoms with E-state index in [4.69, 9.17) is 11.3 Å². The van der Waals surface area contributed by atoms with Crippen LogP contribution < -0.4 is 4.57 Å². The van der Waals surface area contributed by atoms with Crippen molar-refractivity contribution in [1.29, 1.82) is 0 Å². The molecular formula is C43H56NO2+. The topological polar surface area (TPSA) is 33.3 Å². The maximum absolute atomic E-state index is 10.8. The summed E-state index contributed by atoms with van der Waals surface area (Å²) in [5, 5.41) is 14.8. The molecule has 0 amide bonds. The molecule has 1 aromatic heterocycles. The first-order chi connectivity index (χ1) is 21.6. The molecule has 1 fully saturated rings. The van der Waals surface area contributed by atoms with Crippen molar-refractivity contribution in [1.82, 2.24) is 0 Å². The van der Waals surface area contributed by atoms with E-state index < -0.39 is 11.0 Å². The van der Waals surface area contributed by atoms with Gasteiger partial charge in [0, 0.05) is 38.3 Å². The molecule has 6 rings (SSSR count). The van der Waals surface area contributed by atoms with Crippen molar-refractivity contribution in [3.05, 3.63) is 88.5 Å². The van der Waals surface area contributed by atoms with E-state index in [0.29, 0.717) is 24.4 Å². The third-order valence-corrected chi connectivity index (χ3v) is 12.1. The van der Waals surface area contributed by atoms with Crippen LogP contribution in [-0.4, -0.2) is 25.4 Å². The predicted molar refractivity (Wildman–Crippen MR) is 194 cm³/mol. The van der Waals surface area contributed by atoms with Gasteiger partial charge in [-0.2, -0.15) is 4.57 Å². The van der Waals surface area contributed by atoms with Crippen molar-refractivity contribution >= 4 is 21.7 Å². The Balaban J connectivity index is 1.86. The van der Waals surface area contributed by atoms with Gasteiger partial charge in [-0.15, -0.1) is 0 Å². The van der Waals surface area contributed by atoms with E-state index in [0.717, 1.165) is 5.57 Å². The van der Waals surface area contributed by atoms with Gasteiger partial charge in [-0.3, -0.25) is 0 Å². The SMILES string of the molecule is C=C(COC)C1(C)[n+]2c(cc(C3CCC(C)(C)CC3)c3c(C)cc(C)cc32)-c2cc(C(C)(C)C)c3ccccc3c2C1(C)CCO. The number of aromatic nitrogens is 1. The normalized spacial score (nSPS) is 23.0. The number of methoxy groups -OCH3 is 1. The first-order valence-electron chi connectivity index (χ1n) is 17.4. The number of aliphatic hydroxyl groups is 1. The van der Waals surface area contributed by atoms with Crippen LogP contribution in [0.15, 0.2) is 60.7 Å². The molecule has 1 saturated carbocycles. The van der Waals surface area contributed by atoms with Gasteiger partial charge in [0.2, 0.25) is 11.2 Å². The van der Waals surface area contributed by atoms with Crippen LogP contribution >= 0.6 is 0 Å². The summed E-state index contributed by atoms with van der Waals surface area (Å²) in [7, 11) is 1.77. The molecule has 46 heavy (non-hydrogen) atoms. The number of benzene rings is 3. The summed E-state index contributed by atoms with van der Waals surface area (Å²) >= 11 is 0. The first-order valence-corrected chi connectivity index (χ1v) is 17.4. The van der Waals surface area contributed by atoms with E-state index >= 15 is 0 Å². The van der Waals surface area contributed by atoms with Gasteiger partial charge >= 0.3 is 0 Å². The molecule has 2 heterocycles. The summed E-state index contributed by atoms with van der Waals surface area (Å²) in [5.74, 6) is 0.521. The van der Waals surface area contributed by atoms with Crippen molar-refractivity contribution in [2.75, 3.05) is 20.3 Å². The number of hydrogen-bond donors (Lipinski definition) is 1. The maximum Gasteiger partial charge on any atom is 0.214 e. The Morgan fingerprint density at radius 1 is 0.978 bits per heavy atom. The average molecular weight is 619 g/mol. The lowest BCUT2D eigenvalue weighted by Crippen LogP contribution is -2.69. The molecule has 2 aliphatic rings. The molecule has 0 radical (unpaired) electrons. The molecule has 0 saturated heterocycles. The van der Waals surface area contributed by atoms with Crippen LogP contribution in [0.3, 0.4) is 0 Å². The molecule has 2 unspecified atom stereocenters. The molecule has 1 aliphatic carbocycles. The molecule has 3 nitrogen and oxygen atoms in total. The molecule has 1 aliphatic heterocycles. The Kier molecular flexibility index (Phi) is 8.09. The van der Waals surface area contributed by atoms with Crippen LogP contribution in [0.25, 0.3) is 32.9 Å². The Bertz CT molecular complexity index is 1850. The molecule has 0 spiro atoms. The summed E-state index contributed by atoms with van der Waals surface area (Å²) in [6, 6.07) is 18.8. The molecule has 2 atom stereocenters. The third kappa shape index (κ3) is 4.87. The fraction of sp³-hybridized carbons (Fsp3) is 0.512. The lowest BCUT2D eigenvalue weighted by Gasteiger charge is -2.49. The predicted octanol–water partition coefficient (Wildman–Crippen LogP) is 10.1. The summed E-state index contributed by atoms with van der Waals surface area (Å²) in [5.41, 5.74) is 11.0. The van der Waals surface area contributed by atoms with Gasteiger partial charge in [-0.1, -0.05) is 71.5 Å². The van der Waals surface area contributed by atoms with Crippen molar-refractivity contribution < 1.29 is 14.4 Å². The Labute approximate surface area is 277 Å². The minimum absolute atomic E-state index is 0.0466. The second-order valence-electron chi connectivity index (χ2n) is 16.8. The van der Waals surface area contributed by atoms with Gasteiger partial charge in [-0.25, -0.2) is 0 Å². The number of rotatable bonds is 6. The molecule has 4 aromatic rings. The third-order valence-electron chi connectivity index (χ3n) is 12.1. The van der Waals surface area contributed by atoms with Crippen molar-refractivity contribution in [2.45, 2.75) is 117 Å². The van der Waals surface area contributed by atoms with Crippen LogP contribution in [0.1, 0.15) is 114 Å². The maximum atomic E-state index is 10.8. The van der Waals surface area contributed by atoms with Gasteiger partial charge < -0.3 is 9.84 Å². The highest BCUT2D eigenvalue weighted by Gasteiger charge is 2.61. The Morgan fingerprint density at radius 3 is 2.24 bits per heavy atom. The van der Waals surface area contributed by atoms with Crippen LogP contribution in [0, 0.1) is 19.3 Å². The fourth-order valence-corrected chi connectivity index (χ4v) is 9.36. The number of nitrogens with zero attached hydrogens (tertiary/aromatic N) is 1. The highest BCUT2D eigenvalue weighted by Crippen LogP contribution is 2.56. The molecule has 3 heteroatoms. The van der Waals surface area contributed by atoms with Crippen molar-refractivity contribution in [3.8, 4) is 11.3 Å². The minimum atomic E-state index is -0.578. The van der Waals surface area contributed by atoms with Gasteiger partial charge in [-0.05, 0) is 114 Å². The molecule has 3 aromatic carbocycles. The second kappa shape index (κ2) is 11.3. The van der Waals surface area contributed by atoms with Crippen LogP contribution in [0.5, 0.6) is 0 Å². The van der Waals surface area contributed by atoms with E-state index in [1.54, 1.807) is 7.11 Å². The summed E-state index contributed by atoms with van der Waals surface area (Å²) in [4.78, 5) is 0. The standard InChI is InChI=1S/C43H56NO2/c1-27-22-28(2)38-33(30-16-18-41(7,8)19-17-30)25-36-34-24-35(40(4,5)6)31-14-12-13-15-32(31)39(34)42(9,20-21-45)43(10,29(3)26-46-11)44(36)37(38)23-27/h12-15,22-25,30,45H,3,16-21,26H2,1-2,4-11H3/q+1. The zero-order valence-corrected chi connectivity index (χ0v) is 30.2. The smallest absolute Gasteiger partial charge is 0.214 e. The number of hydrogen-bond acceptors (Lipinski definition) is 2.